The first-order chi connectivity index (χ1) is 8.90. The molecule has 19 heavy (non-hydrogen) atoms. The molecule has 2 N–H and O–H groups in total. The fraction of sp³-hybridized carbons (Fsp3) is 0.462. The fourth-order valence-corrected chi connectivity index (χ4v) is 2.90. The number of nitrogens with one attached hydrogen (secondary N) is 1. The maximum atomic E-state index is 12.1. The monoisotopic (exact) mass is 282 g/mol. The third-order valence-electron chi connectivity index (χ3n) is 2.82. The van der Waals surface area contributed by atoms with E-state index >= 15 is 0 Å². The van der Waals surface area contributed by atoms with Crippen molar-refractivity contribution >= 4 is 10.0 Å². The first-order valence-corrected chi connectivity index (χ1v) is 7.48. The normalized spacial score (nSPS) is 13.2. The average Bonchev–Trinajstić information content (AvgIpc) is 2.37. The number of rotatable bonds is 6. The lowest BCUT2D eigenvalue weighted by atomic mass is 10.1. The second kappa shape index (κ2) is 6.66. The number of aliphatic hydroxyl groups is 1. The molecule has 0 aromatic heterocycles. The van der Waals surface area contributed by atoms with Crippen LogP contribution in [-0.2, 0) is 16.4 Å². The van der Waals surface area contributed by atoms with Gasteiger partial charge in [0.05, 0.1) is 24.0 Å². The molecule has 0 aliphatic rings. The van der Waals surface area contributed by atoms with E-state index in [2.05, 4.69) is 4.72 Å². The van der Waals surface area contributed by atoms with Gasteiger partial charge in [-0.05, 0) is 23.6 Å². The van der Waals surface area contributed by atoms with Crippen LogP contribution in [0.5, 0.6) is 0 Å². The Bertz CT molecular complexity index is 544. The van der Waals surface area contributed by atoms with Crippen LogP contribution >= 0.6 is 0 Å². The topological polar surface area (TPSA) is 90.2 Å². The zero-order chi connectivity index (χ0) is 14.5. The van der Waals surface area contributed by atoms with Crippen molar-refractivity contribution in [1.82, 2.24) is 4.72 Å². The van der Waals surface area contributed by atoms with Crippen LogP contribution in [0.2, 0.25) is 0 Å². The van der Waals surface area contributed by atoms with E-state index in [1.165, 1.54) is 12.1 Å². The van der Waals surface area contributed by atoms with Crippen LogP contribution in [0.15, 0.2) is 29.2 Å². The lowest BCUT2D eigenvalue weighted by molar-refractivity contribution is 0.227. The molecule has 5 nitrogen and oxygen atoms in total. The van der Waals surface area contributed by atoms with Crippen LogP contribution in [0.25, 0.3) is 0 Å². The van der Waals surface area contributed by atoms with E-state index in [-0.39, 0.29) is 23.8 Å². The maximum Gasteiger partial charge on any atom is 0.240 e. The number of nitrogens with zero attached hydrogens (tertiary/aromatic N) is 1. The zero-order valence-corrected chi connectivity index (χ0v) is 11.8. The summed E-state index contributed by atoms with van der Waals surface area (Å²) in [6, 6.07) is 7.64. The van der Waals surface area contributed by atoms with Crippen molar-refractivity contribution in [2.24, 2.45) is 5.92 Å². The van der Waals surface area contributed by atoms with Gasteiger partial charge in [0.1, 0.15) is 0 Å². The van der Waals surface area contributed by atoms with Gasteiger partial charge in [-0.2, -0.15) is 5.26 Å². The number of benzene rings is 1. The van der Waals surface area contributed by atoms with E-state index < -0.39 is 16.1 Å². The molecule has 104 valence electrons. The zero-order valence-electron chi connectivity index (χ0n) is 11.0. The number of hydrogen-bond donors (Lipinski definition) is 2. The van der Waals surface area contributed by atoms with E-state index in [1.807, 2.05) is 19.9 Å². The molecule has 0 radical (unpaired) electrons. The van der Waals surface area contributed by atoms with Gasteiger partial charge in [-0.3, -0.25) is 0 Å². The highest BCUT2D eigenvalue weighted by Gasteiger charge is 2.21. The van der Waals surface area contributed by atoms with Crippen molar-refractivity contribution in [1.29, 1.82) is 5.26 Å². The average molecular weight is 282 g/mol. The van der Waals surface area contributed by atoms with E-state index in [4.69, 9.17) is 10.4 Å². The Labute approximate surface area is 113 Å². The van der Waals surface area contributed by atoms with E-state index in [9.17, 15) is 8.42 Å². The van der Waals surface area contributed by atoms with Crippen LogP contribution in [0.3, 0.4) is 0 Å². The first-order valence-electron chi connectivity index (χ1n) is 5.99. The molecule has 1 aromatic rings. The molecule has 0 aliphatic carbocycles. The lowest BCUT2D eigenvalue weighted by Crippen LogP contribution is -2.41. The van der Waals surface area contributed by atoms with Crippen LogP contribution in [0, 0.1) is 17.2 Å². The Morgan fingerprint density at radius 3 is 2.32 bits per heavy atom. The predicted molar refractivity (Wildman–Crippen MR) is 71.8 cm³/mol. The summed E-state index contributed by atoms with van der Waals surface area (Å²) in [5.74, 6) is -0.00219. The molecule has 1 atom stereocenters. The molecule has 0 aliphatic heterocycles. The molecular formula is C13H18N2O3S. The Balaban J connectivity index is 2.91. The summed E-state index contributed by atoms with van der Waals surface area (Å²) in [7, 11) is -3.64. The summed E-state index contributed by atoms with van der Waals surface area (Å²) < 4.78 is 26.6. The molecule has 0 spiro atoms. The molecule has 0 unspecified atom stereocenters. The third-order valence-corrected chi connectivity index (χ3v) is 4.33. The van der Waals surface area contributed by atoms with Gasteiger partial charge < -0.3 is 5.11 Å². The quantitative estimate of drug-likeness (QED) is 0.816. The molecule has 0 saturated heterocycles. The lowest BCUT2D eigenvalue weighted by Gasteiger charge is -2.19. The van der Waals surface area contributed by atoms with Gasteiger partial charge in [-0.1, -0.05) is 26.0 Å². The van der Waals surface area contributed by atoms with Crippen LogP contribution in [-0.4, -0.2) is 26.2 Å². The van der Waals surface area contributed by atoms with E-state index in [0.29, 0.717) is 0 Å². The SMILES string of the molecule is CC(C)[C@@H](CO)NS(=O)(=O)c1ccc(CC#N)cc1. The minimum Gasteiger partial charge on any atom is -0.395 e. The fourth-order valence-electron chi connectivity index (χ4n) is 1.53. The van der Waals surface area contributed by atoms with Crippen molar-refractivity contribution in [3.8, 4) is 6.07 Å². The largest absolute Gasteiger partial charge is 0.395 e. The summed E-state index contributed by atoms with van der Waals surface area (Å²) >= 11 is 0. The highest BCUT2D eigenvalue weighted by atomic mass is 32.2. The Morgan fingerprint density at radius 2 is 1.89 bits per heavy atom. The van der Waals surface area contributed by atoms with E-state index in [1.54, 1.807) is 12.1 Å². The van der Waals surface area contributed by atoms with Crippen molar-refractivity contribution in [3.63, 3.8) is 0 Å². The van der Waals surface area contributed by atoms with Crippen molar-refractivity contribution in [3.05, 3.63) is 29.8 Å². The second-order valence-electron chi connectivity index (χ2n) is 4.63. The minimum atomic E-state index is -3.64. The third kappa shape index (κ3) is 4.31. The number of sulfonamides is 1. The summed E-state index contributed by atoms with van der Waals surface area (Å²) in [5.41, 5.74) is 0.768. The smallest absolute Gasteiger partial charge is 0.240 e. The standard InChI is InChI=1S/C13H18N2O3S/c1-10(2)13(9-16)15-19(17,18)12-5-3-11(4-6-12)7-8-14/h3-6,10,13,15-16H,7,9H2,1-2H3/t13-/m1/s1. The van der Waals surface area contributed by atoms with Gasteiger partial charge in [-0.25, -0.2) is 13.1 Å². The summed E-state index contributed by atoms with van der Waals surface area (Å²) in [6.07, 6.45) is 0.249. The van der Waals surface area contributed by atoms with Gasteiger partial charge in [0.25, 0.3) is 0 Å². The highest BCUT2D eigenvalue weighted by molar-refractivity contribution is 7.89. The Kier molecular flexibility index (Phi) is 5.48. The van der Waals surface area contributed by atoms with Crippen molar-refractivity contribution in [2.45, 2.75) is 31.2 Å². The van der Waals surface area contributed by atoms with Crippen LogP contribution < -0.4 is 4.72 Å². The molecular weight excluding hydrogens is 264 g/mol. The molecule has 0 amide bonds. The molecule has 6 heteroatoms. The van der Waals surface area contributed by atoms with E-state index in [0.717, 1.165) is 5.56 Å². The second-order valence-corrected chi connectivity index (χ2v) is 6.35. The van der Waals surface area contributed by atoms with Crippen LogP contribution in [0.4, 0.5) is 0 Å². The number of nitriles is 1. The molecule has 0 bridgehead atoms. The van der Waals surface area contributed by atoms with Crippen LogP contribution in [0.1, 0.15) is 19.4 Å². The Morgan fingerprint density at radius 1 is 1.32 bits per heavy atom. The van der Waals surface area contributed by atoms with Gasteiger partial charge in [0.2, 0.25) is 10.0 Å². The molecule has 0 heterocycles. The van der Waals surface area contributed by atoms with Gasteiger partial charge in [0.15, 0.2) is 0 Å². The molecule has 1 rings (SSSR count). The minimum absolute atomic E-state index is 0.00219. The number of aliphatic hydroxyl groups excluding tert-OH is 1. The molecule has 0 saturated carbocycles. The summed E-state index contributed by atoms with van der Waals surface area (Å²) in [6.45, 7) is 3.42. The van der Waals surface area contributed by atoms with Crippen molar-refractivity contribution < 1.29 is 13.5 Å². The molecule has 1 aromatic carbocycles. The summed E-state index contributed by atoms with van der Waals surface area (Å²) in [5, 5.41) is 17.7. The van der Waals surface area contributed by atoms with Gasteiger partial charge in [0, 0.05) is 6.04 Å². The summed E-state index contributed by atoms with van der Waals surface area (Å²) in [4.78, 5) is 0.133. The number of hydrogen-bond acceptors (Lipinski definition) is 4. The van der Waals surface area contributed by atoms with Crippen molar-refractivity contribution in [2.75, 3.05) is 6.61 Å². The maximum absolute atomic E-state index is 12.1. The van der Waals surface area contributed by atoms with Gasteiger partial charge in [-0.15, -0.1) is 0 Å². The predicted octanol–water partition coefficient (Wildman–Crippen LogP) is 1.05. The highest BCUT2D eigenvalue weighted by Crippen LogP contribution is 2.13. The Hall–Kier alpha value is -1.42. The first kappa shape index (κ1) is 15.6. The molecule has 0 fully saturated rings. The van der Waals surface area contributed by atoms with Gasteiger partial charge >= 0.3 is 0 Å².